The lowest BCUT2D eigenvalue weighted by atomic mass is 10.2. The number of benzene rings is 2. The van der Waals surface area contributed by atoms with Crippen LogP contribution in [0.1, 0.15) is 12.5 Å². The Kier molecular flexibility index (Phi) is 6.03. The molecule has 0 atom stereocenters. The normalized spacial score (nSPS) is 12.4. The van der Waals surface area contributed by atoms with E-state index in [0.29, 0.717) is 17.0 Å². The Labute approximate surface area is 209 Å². The second kappa shape index (κ2) is 9.31. The molecule has 0 bridgehead atoms. The number of aromatic nitrogens is 5. The van der Waals surface area contributed by atoms with Gasteiger partial charge in [0.1, 0.15) is 0 Å². The lowest BCUT2D eigenvalue weighted by Gasteiger charge is -2.06. The number of imidazole rings is 1. The van der Waals surface area contributed by atoms with E-state index in [1.807, 2.05) is 54.6 Å². The van der Waals surface area contributed by atoms with Crippen molar-refractivity contribution in [3.8, 4) is 5.88 Å². The van der Waals surface area contributed by atoms with Crippen LogP contribution in [0, 0.1) is 0 Å². The van der Waals surface area contributed by atoms with Crippen LogP contribution in [0.5, 0.6) is 5.88 Å². The first kappa shape index (κ1) is 23.3. The van der Waals surface area contributed by atoms with Gasteiger partial charge in [0, 0.05) is 24.0 Å². The number of aryl methyl sites for hydroxylation is 1. The number of hydrogen-bond acceptors (Lipinski definition) is 6. The van der Waals surface area contributed by atoms with Crippen LogP contribution in [0.2, 0.25) is 0 Å². The van der Waals surface area contributed by atoms with Gasteiger partial charge in [-0.25, -0.2) is 4.79 Å². The number of nitrogens with zero attached hydrogens (tertiary/aromatic N) is 6. The van der Waals surface area contributed by atoms with E-state index < -0.39 is 11.2 Å². The van der Waals surface area contributed by atoms with E-state index in [2.05, 4.69) is 20.2 Å². The standard InChI is InChI=1S/C25H22ClN7O3/c1-15(26)12-13-32-20-21(31(2)25(36)28-22(20)34)27-24(32)30-29-19-17-10-6-7-11-18(17)33(23(19)35)14-16-8-4-3-5-9-16/h3-12,35H,13-14H2,1-2H3,(H,28,34,36). The second-order valence-electron chi connectivity index (χ2n) is 8.26. The maximum Gasteiger partial charge on any atom is 0.329 e. The van der Waals surface area contributed by atoms with Crippen LogP contribution in [0.25, 0.3) is 22.1 Å². The average Bonchev–Trinajstić information content (AvgIpc) is 3.36. The molecule has 3 heterocycles. The molecule has 0 aliphatic rings. The van der Waals surface area contributed by atoms with Gasteiger partial charge >= 0.3 is 5.69 Å². The monoisotopic (exact) mass is 503 g/mol. The number of hydrogen-bond donors (Lipinski definition) is 2. The van der Waals surface area contributed by atoms with Crippen LogP contribution in [0.3, 0.4) is 0 Å². The molecule has 3 aromatic heterocycles. The third-order valence-corrected chi connectivity index (χ3v) is 6.04. The van der Waals surface area contributed by atoms with Crippen molar-refractivity contribution in [3.63, 3.8) is 0 Å². The molecule has 5 rings (SSSR count). The number of aromatic hydroxyl groups is 1. The Morgan fingerprint density at radius 1 is 1.08 bits per heavy atom. The number of aromatic amines is 1. The van der Waals surface area contributed by atoms with Crippen molar-refractivity contribution < 1.29 is 5.11 Å². The molecule has 36 heavy (non-hydrogen) atoms. The number of rotatable bonds is 6. The van der Waals surface area contributed by atoms with E-state index in [0.717, 1.165) is 11.1 Å². The minimum atomic E-state index is -0.593. The fraction of sp³-hybridized carbons (Fsp3) is 0.160. The summed E-state index contributed by atoms with van der Waals surface area (Å²) in [6.45, 7) is 2.34. The Bertz CT molecular complexity index is 1770. The van der Waals surface area contributed by atoms with Gasteiger partial charge in [-0.3, -0.25) is 18.9 Å². The van der Waals surface area contributed by atoms with Gasteiger partial charge in [0.15, 0.2) is 16.9 Å². The van der Waals surface area contributed by atoms with Crippen LogP contribution in [0.15, 0.2) is 85.5 Å². The number of fused-ring (bicyclic) bond motifs is 2. The summed E-state index contributed by atoms with van der Waals surface area (Å²) in [6.07, 6.45) is 1.69. The summed E-state index contributed by atoms with van der Waals surface area (Å²) in [5, 5.41) is 21.0. The summed E-state index contributed by atoms with van der Waals surface area (Å²) in [5.41, 5.74) is 1.22. The van der Waals surface area contributed by atoms with Crippen LogP contribution in [-0.4, -0.2) is 28.8 Å². The summed E-state index contributed by atoms with van der Waals surface area (Å²) >= 11 is 6.02. The number of allylic oxidation sites excluding steroid dienone is 2. The van der Waals surface area contributed by atoms with E-state index in [1.165, 1.54) is 16.2 Å². The van der Waals surface area contributed by atoms with Crippen molar-refractivity contribution in [1.29, 1.82) is 0 Å². The molecule has 2 N–H and O–H groups in total. The molecule has 2 aromatic carbocycles. The van der Waals surface area contributed by atoms with Gasteiger partial charge in [-0.1, -0.05) is 66.2 Å². The summed E-state index contributed by atoms with van der Waals surface area (Å²) in [4.78, 5) is 31.4. The molecule has 0 saturated heterocycles. The number of H-pyrrole nitrogens is 1. The fourth-order valence-electron chi connectivity index (χ4n) is 4.08. The van der Waals surface area contributed by atoms with Crippen molar-refractivity contribution in [2.75, 3.05) is 0 Å². The predicted molar refractivity (Wildman–Crippen MR) is 139 cm³/mol. The molecule has 10 nitrogen and oxygen atoms in total. The first-order chi connectivity index (χ1) is 17.3. The highest BCUT2D eigenvalue weighted by atomic mass is 35.5. The maximum atomic E-state index is 12.6. The molecular formula is C25H22ClN7O3. The smallest absolute Gasteiger partial charge is 0.329 e. The van der Waals surface area contributed by atoms with Gasteiger partial charge in [-0.15, -0.1) is 10.2 Å². The molecule has 0 radical (unpaired) electrons. The molecule has 0 amide bonds. The van der Waals surface area contributed by atoms with E-state index in [9.17, 15) is 14.7 Å². The van der Waals surface area contributed by atoms with Gasteiger partial charge in [0.05, 0.1) is 12.1 Å². The first-order valence-corrected chi connectivity index (χ1v) is 11.5. The van der Waals surface area contributed by atoms with E-state index in [4.69, 9.17) is 11.6 Å². The van der Waals surface area contributed by atoms with Crippen molar-refractivity contribution in [3.05, 3.63) is 92.1 Å². The van der Waals surface area contributed by atoms with Crippen molar-refractivity contribution in [2.45, 2.75) is 20.0 Å². The lowest BCUT2D eigenvalue weighted by molar-refractivity contribution is 0.429. The average molecular weight is 504 g/mol. The summed E-state index contributed by atoms with van der Waals surface area (Å²) in [6, 6.07) is 17.3. The van der Waals surface area contributed by atoms with Gasteiger partial charge in [0.25, 0.3) is 11.5 Å². The van der Waals surface area contributed by atoms with Crippen LogP contribution >= 0.6 is 11.6 Å². The van der Waals surface area contributed by atoms with Gasteiger partial charge < -0.3 is 9.67 Å². The summed E-state index contributed by atoms with van der Waals surface area (Å²) in [7, 11) is 1.50. The molecule has 0 unspecified atom stereocenters. The van der Waals surface area contributed by atoms with Crippen LogP contribution < -0.4 is 11.2 Å². The Balaban J connectivity index is 1.66. The molecule has 0 aliphatic carbocycles. The number of nitrogens with one attached hydrogen (secondary N) is 1. The topological polar surface area (TPSA) is 123 Å². The molecule has 0 saturated carbocycles. The van der Waals surface area contributed by atoms with E-state index in [-0.39, 0.29) is 35.2 Å². The molecule has 182 valence electrons. The van der Waals surface area contributed by atoms with E-state index >= 15 is 0 Å². The zero-order valence-electron chi connectivity index (χ0n) is 19.5. The molecule has 0 aliphatic heterocycles. The Morgan fingerprint density at radius 3 is 2.56 bits per heavy atom. The first-order valence-electron chi connectivity index (χ1n) is 11.1. The quantitative estimate of drug-likeness (QED) is 0.326. The van der Waals surface area contributed by atoms with E-state index in [1.54, 1.807) is 17.6 Å². The second-order valence-corrected chi connectivity index (χ2v) is 8.86. The lowest BCUT2D eigenvalue weighted by Crippen LogP contribution is -2.29. The maximum absolute atomic E-state index is 12.6. The van der Waals surface area contributed by atoms with Crippen LogP contribution in [0.4, 0.5) is 11.6 Å². The Morgan fingerprint density at radius 2 is 1.81 bits per heavy atom. The van der Waals surface area contributed by atoms with Crippen molar-refractivity contribution in [1.82, 2.24) is 23.7 Å². The number of halogens is 1. The molecule has 0 spiro atoms. The van der Waals surface area contributed by atoms with Gasteiger partial charge in [-0.2, -0.15) is 4.98 Å². The highest BCUT2D eigenvalue weighted by molar-refractivity contribution is 6.29. The Hall–Kier alpha value is -4.44. The molecular weight excluding hydrogens is 482 g/mol. The SMILES string of the molecule is CC(Cl)=CCn1c(N=Nc2c(O)n(Cc3ccccc3)c3ccccc23)nc2c1c(=O)[nH]c(=O)n2C. The summed E-state index contributed by atoms with van der Waals surface area (Å²) < 4.78 is 4.51. The third kappa shape index (κ3) is 4.11. The fourth-order valence-corrected chi connectivity index (χ4v) is 4.15. The zero-order valence-corrected chi connectivity index (χ0v) is 20.3. The predicted octanol–water partition coefficient (Wildman–Crippen LogP) is 4.69. The van der Waals surface area contributed by atoms with Gasteiger partial charge in [-0.05, 0) is 18.6 Å². The van der Waals surface area contributed by atoms with Crippen molar-refractivity contribution >= 4 is 45.3 Å². The largest absolute Gasteiger partial charge is 0.493 e. The molecule has 5 aromatic rings. The van der Waals surface area contributed by atoms with Gasteiger partial charge in [0.2, 0.25) is 5.88 Å². The molecule has 0 fully saturated rings. The van der Waals surface area contributed by atoms with Crippen LogP contribution in [-0.2, 0) is 20.1 Å². The number of para-hydroxylation sites is 1. The highest BCUT2D eigenvalue weighted by Crippen LogP contribution is 2.40. The number of azo groups is 1. The zero-order chi connectivity index (χ0) is 25.4. The third-order valence-electron chi connectivity index (χ3n) is 5.88. The van der Waals surface area contributed by atoms with Crippen molar-refractivity contribution in [2.24, 2.45) is 17.3 Å². The minimum absolute atomic E-state index is 0.0480. The summed E-state index contributed by atoms with van der Waals surface area (Å²) in [5.74, 6) is 0.0402. The molecule has 11 heteroatoms. The minimum Gasteiger partial charge on any atom is -0.493 e. The highest BCUT2D eigenvalue weighted by Gasteiger charge is 2.19.